The lowest BCUT2D eigenvalue weighted by atomic mass is 10.0. The van der Waals surface area contributed by atoms with E-state index in [2.05, 4.69) is 30.9 Å². The first kappa shape index (κ1) is 30.1. The van der Waals surface area contributed by atoms with Crippen molar-refractivity contribution < 1.29 is 32.6 Å². The number of alkyl carbamates (subject to hydrolysis) is 1. The number of ether oxygens (including phenoxy) is 1. The second kappa shape index (κ2) is 12.3. The molecule has 1 fully saturated rings. The van der Waals surface area contributed by atoms with Gasteiger partial charge in [-0.2, -0.15) is 13.2 Å². The number of aromatic nitrogens is 3. The van der Waals surface area contributed by atoms with Gasteiger partial charge in [-0.3, -0.25) is 0 Å². The van der Waals surface area contributed by atoms with Crippen LogP contribution in [0.2, 0.25) is 0 Å². The van der Waals surface area contributed by atoms with Gasteiger partial charge in [-0.15, -0.1) is 0 Å². The Morgan fingerprint density at radius 2 is 1.85 bits per heavy atom. The number of halogens is 3. The first-order valence-corrected chi connectivity index (χ1v) is 13.6. The maximum atomic E-state index is 13.9. The standard InChI is InChI=1S/C28H35F3N6O4/c1-27(2,3)41-26(40)33-11-5-4-10-32-17-7-8-18(13-17)36-25-35-15-21(28(29,30)31)23(37-25)20-14-34-22-12-16(24(38)39)6-9-19(20)22/h6,9,12,14-15,17-18,32,34H,4-5,7-8,10-11,13H2,1-3H3,(H,33,40)(H,38,39)(H,35,36,37)/t17-,18-/m0/s1. The number of carboxylic acids is 1. The minimum Gasteiger partial charge on any atom is -0.478 e. The molecule has 41 heavy (non-hydrogen) atoms. The molecule has 5 N–H and O–H groups in total. The van der Waals surface area contributed by atoms with E-state index in [9.17, 15) is 27.9 Å². The van der Waals surface area contributed by atoms with Gasteiger partial charge in [0.05, 0.1) is 11.3 Å². The molecule has 0 aliphatic heterocycles. The molecule has 3 aromatic rings. The zero-order valence-corrected chi connectivity index (χ0v) is 23.2. The fraction of sp³-hybridized carbons (Fsp3) is 0.500. The predicted molar refractivity (Wildman–Crippen MR) is 148 cm³/mol. The normalized spacial score (nSPS) is 17.5. The Labute approximate surface area is 235 Å². The van der Waals surface area contributed by atoms with E-state index >= 15 is 0 Å². The number of benzene rings is 1. The van der Waals surface area contributed by atoms with Crippen molar-refractivity contribution in [3.05, 3.63) is 41.7 Å². The molecule has 1 amide bonds. The minimum absolute atomic E-state index is 0.00739. The van der Waals surface area contributed by atoms with Gasteiger partial charge < -0.3 is 30.8 Å². The number of carbonyl (C=O) groups excluding carboxylic acids is 1. The summed E-state index contributed by atoms with van der Waals surface area (Å²) >= 11 is 0. The number of carbonyl (C=O) groups is 2. The summed E-state index contributed by atoms with van der Waals surface area (Å²) in [7, 11) is 0. The summed E-state index contributed by atoms with van der Waals surface area (Å²) in [4.78, 5) is 34.1. The van der Waals surface area contributed by atoms with E-state index in [1.54, 1.807) is 0 Å². The van der Waals surface area contributed by atoms with Gasteiger partial charge in [0, 0.05) is 47.5 Å². The lowest BCUT2D eigenvalue weighted by Gasteiger charge is -2.19. The number of hydrogen-bond donors (Lipinski definition) is 5. The van der Waals surface area contributed by atoms with Gasteiger partial charge >= 0.3 is 18.2 Å². The Hall–Kier alpha value is -3.87. The highest BCUT2D eigenvalue weighted by Gasteiger charge is 2.36. The van der Waals surface area contributed by atoms with Crippen LogP contribution in [0.4, 0.5) is 23.9 Å². The number of fused-ring (bicyclic) bond motifs is 1. The van der Waals surface area contributed by atoms with Gasteiger partial charge in [0.15, 0.2) is 0 Å². The maximum Gasteiger partial charge on any atom is 0.419 e. The minimum atomic E-state index is -4.68. The third-order valence-corrected chi connectivity index (χ3v) is 6.75. The highest BCUT2D eigenvalue weighted by atomic mass is 19.4. The van der Waals surface area contributed by atoms with Crippen LogP contribution < -0.4 is 16.0 Å². The number of nitrogens with one attached hydrogen (secondary N) is 4. The number of H-pyrrole nitrogens is 1. The molecule has 2 atom stereocenters. The van der Waals surface area contributed by atoms with E-state index in [-0.39, 0.29) is 34.9 Å². The van der Waals surface area contributed by atoms with Crippen molar-refractivity contribution in [3.8, 4) is 11.3 Å². The molecule has 2 aromatic heterocycles. The number of anilines is 1. The van der Waals surface area contributed by atoms with Crippen molar-refractivity contribution in [1.29, 1.82) is 0 Å². The molecule has 13 heteroatoms. The van der Waals surface area contributed by atoms with Crippen LogP contribution in [0.5, 0.6) is 0 Å². The fourth-order valence-electron chi connectivity index (χ4n) is 4.86. The lowest BCUT2D eigenvalue weighted by Crippen LogP contribution is -2.33. The van der Waals surface area contributed by atoms with Crippen LogP contribution in [0.25, 0.3) is 22.2 Å². The number of alkyl halides is 3. The zero-order chi connectivity index (χ0) is 29.8. The highest BCUT2D eigenvalue weighted by molar-refractivity contribution is 5.99. The molecule has 0 radical (unpaired) electrons. The first-order chi connectivity index (χ1) is 19.3. The molecule has 0 unspecified atom stereocenters. The molecular weight excluding hydrogens is 541 g/mol. The average molecular weight is 577 g/mol. The molecule has 1 aliphatic carbocycles. The van der Waals surface area contributed by atoms with Crippen LogP contribution in [-0.4, -0.2) is 62.9 Å². The van der Waals surface area contributed by atoms with Crippen LogP contribution in [0.1, 0.15) is 68.8 Å². The van der Waals surface area contributed by atoms with E-state index in [0.717, 1.165) is 44.8 Å². The summed E-state index contributed by atoms with van der Waals surface area (Å²) in [5.41, 5.74) is -1.16. The number of nitrogens with zero attached hydrogens (tertiary/aromatic N) is 2. The zero-order valence-electron chi connectivity index (χ0n) is 23.2. The van der Waals surface area contributed by atoms with Crippen LogP contribution in [0.15, 0.2) is 30.6 Å². The van der Waals surface area contributed by atoms with Crippen molar-refractivity contribution in [1.82, 2.24) is 25.6 Å². The number of amides is 1. The largest absolute Gasteiger partial charge is 0.478 e. The van der Waals surface area contributed by atoms with Crippen molar-refractivity contribution in [2.45, 2.75) is 76.7 Å². The van der Waals surface area contributed by atoms with Crippen molar-refractivity contribution in [2.75, 3.05) is 18.4 Å². The maximum absolute atomic E-state index is 13.9. The average Bonchev–Trinajstić information content (AvgIpc) is 3.50. The summed E-state index contributed by atoms with van der Waals surface area (Å²) in [5.74, 6) is -1.03. The van der Waals surface area contributed by atoms with Gasteiger partial charge in [0.1, 0.15) is 11.2 Å². The monoisotopic (exact) mass is 576 g/mol. The van der Waals surface area contributed by atoms with E-state index < -0.39 is 29.4 Å². The smallest absolute Gasteiger partial charge is 0.419 e. The molecule has 0 spiro atoms. The van der Waals surface area contributed by atoms with E-state index in [1.807, 2.05) is 20.8 Å². The van der Waals surface area contributed by atoms with Crippen molar-refractivity contribution in [2.24, 2.45) is 0 Å². The summed E-state index contributed by atoms with van der Waals surface area (Å²) in [6, 6.07) is 4.43. The lowest BCUT2D eigenvalue weighted by molar-refractivity contribution is -0.137. The quantitative estimate of drug-likeness (QED) is 0.197. The molecule has 222 valence electrons. The highest BCUT2D eigenvalue weighted by Crippen LogP contribution is 2.39. The first-order valence-electron chi connectivity index (χ1n) is 13.6. The van der Waals surface area contributed by atoms with E-state index in [0.29, 0.717) is 17.4 Å². The molecule has 1 aromatic carbocycles. The fourth-order valence-corrected chi connectivity index (χ4v) is 4.86. The third kappa shape index (κ3) is 8.09. The van der Waals surface area contributed by atoms with Gasteiger partial charge in [-0.1, -0.05) is 6.07 Å². The van der Waals surface area contributed by atoms with Crippen LogP contribution in [0, 0.1) is 0 Å². The Bertz CT molecular complexity index is 1390. The Morgan fingerprint density at radius 1 is 1.12 bits per heavy atom. The number of aromatic amines is 1. The SMILES string of the molecule is CC(C)(C)OC(=O)NCCCCN[C@H]1CC[C@H](Nc2ncc(C(F)(F)F)c(-c3c[nH]c4cc(C(=O)O)ccc34)n2)C1. The second-order valence-electron chi connectivity index (χ2n) is 11.2. The number of rotatable bonds is 10. The van der Waals surface area contributed by atoms with Crippen LogP contribution in [-0.2, 0) is 10.9 Å². The summed E-state index contributed by atoms with van der Waals surface area (Å²) in [5, 5.41) is 19.1. The van der Waals surface area contributed by atoms with Crippen molar-refractivity contribution in [3.63, 3.8) is 0 Å². The van der Waals surface area contributed by atoms with Gasteiger partial charge in [-0.25, -0.2) is 19.6 Å². The van der Waals surface area contributed by atoms with Gasteiger partial charge in [-0.05, 0) is 71.6 Å². The molecule has 0 saturated heterocycles. The summed E-state index contributed by atoms with van der Waals surface area (Å²) in [6.07, 6.45) is 1.22. The number of unbranched alkanes of at least 4 members (excludes halogenated alkanes) is 1. The summed E-state index contributed by atoms with van der Waals surface area (Å²) in [6.45, 7) is 6.74. The molecule has 10 nitrogen and oxygen atoms in total. The van der Waals surface area contributed by atoms with Crippen molar-refractivity contribution >= 4 is 28.9 Å². The number of hydrogen-bond acceptors (Lipinski definition) is 7. The van der Waals surface area contributed by atoms with Gasteiger partial charge in [0.2, 0.25) is 5.95 Å². The van der Waals surface area contributed by atoms with E-state index in [1.165, 1.54) is 24.4 Å². The Kier molecular flexibility index (Phi) is 9.05. The molecule has 1 saturated carbocycles. The molecule has 4 rings (SSSR count). The number of carboxylic acid groups (broad SMARTS) is 1. The Morgan fingerprint density at radius 3 is 2.56 bits per heavy atom. The summed E-state index contributed by atoms with van der Waals surface area (Å²) < 4.78 is 46.8. The topological polar surface area (TPSA) is 141 Å². The van der Waals surface area contributed by atoms with Gasteiger partial charge in [0.25, 0.3) is 0 Å². The predicted octanol–water partition coefficient (Wildman–Crippen LogP) is 5.57. The third-order valence-electron chi connectivity index (χ3n) is 6.75. The van der Waals surface area contributed by atoms with E-state index in [4.69, 9.17) is 4.74 Å². The second-order valence-corrected chi connectivity index (χ2v) is 11.2. The Balaban J connectivity index is 1.34. The molecular formula is C28H35F3N6O4. The van der Waals surface area contributed by atoms with Crippen LogP contribution in [0.3, 0.4) is 0 Å². The van der Waals surface area contributed by atoms with Crippen LogP contribution >= 0.6 is 0 Å². The molecule has 2 heterocycles. The molecule has 1 aliphatic rings. The molecule has 0 bridgehead atoms. The number of aromatic carboxylic acids is 1.